The monoisotopic (exact) mass is 357 g/mol. The molecule has 0 aliphatic rings. The number of methoxy groups -OCH3 is 1. The fourth-order valence-corrected chi connectivity index (χ4v) is 2.26. The Balaban J connectivity index is 1.89. The summed E-state index contributed by atoms with van der Waals surface area (Å²) in [6.07, 6.45) is 0. The van der Waals surface area contributed by atoms with Gasteiger partial charge in [-0.2, -0.15) is 0 Å². The Bertz CT molecular complexity index is 496. The number of nitrogens with one attached hydrogen (secondary N) is 1. The summed E-state index contributed by atoms with van der Waals surface area (Å²) in [5.74, 6) is 0.962. The van der Waals surface area contributed by atoms with E-state index in [1.807, 2.05) is 24.3 Å². The zero-order valence-corrected chi connectivity index (χ0v) is 12.4. The van der Waals surface area contributed by atoms with E-state index in [0.29, 0.717) is 6.61 Å². The molecular weight excluding hydrogens is 341 g/mol. The lowest BCUT2D eigenvalue weighted by Crippen LogP contribution is -2.13. The number of hydrogen-bond acceptors (Lipinski definition) is 3. The molecule has 4 heteroatoms. The number of benzene rings is 1. The molecule has 0 spiro atoms. The van der Waals surface area contributed by atoms with Gasteiger partial charge in [-0.15, -0.1) is 0 Å². The molecule has 1 N–H and O–H groups in total. The van der Waals surface area contributed by atoms with Crippen LogP contribution in [0.1, 0.15) is 16.9 Å². The topological polar surface area (TPSA) is 34.4 Å². The van der Waals surface area contributed by atoms with E-state index >= 15 is 0 Å². The number of ether oxygens (including phenoxy) is 1. The molecule has 0 amide bonds. The Morgan fingerprint density at radius 2 is 1.89 bits per heavy atom. The van der Waals surface area contributed by atoms with Gasteiger partial charge in [-0.1, -0.05) is 24.3 Å². The SMILES string of the molecule is COCc1ccccc1CNCc1ccc(I)o1. The smallest absolute Gasteiger partial charge is 0.164 e. The van der Waals surface area contributed by atoms with Gasteiger partial charge in [-0.25, -0.2) is 0 Å². The highest BCUT2D eigenvalue weighted by Crippen LogP contribution is 2.12. The van der Waals surface area contributed by atoms with E-state index in [1.165, 1.54) is 11.1 Å². The van der Waals surface area contributed by atoms with Crippen molar-refractivity contribution in [3.05, 3.63) is 57.1 Å². The first-order valence-electron chi connectivity index (χ1n) is 5.80. The van der Waals surface area contributed by atoms with Gasteiger partial charge in [0.15, 0.2) is 3.77 Å². The lowest BCUT2D eigenvalue weighted by atomic mass is 10.1. The quantitative estimate of drug-likeness (QED) is 0.806. The predicted octanol–water partition coefficient (Wildman–Crippen LogP) is 3.32. The highest BCUT2D eigenvalue weighted by atomic mass is 127. The second kappa shape index (κ2) is 6.92. The molecule has 0 saturated heterocycles. The first-order chi connectivity index (χ1) is 8.79. The zero-order chi connectivity index (χ0) is 12.8. The first-order valence-corrected chi connectivity index (χ1v) is 6.88. The average molecular weight is 357 g/mol. The molecule has 2 aromatic rings. The van der Waals surface area contributed by atoms with Gasteiger partial charge in [0.25, 0.3) is 0 Å². The van der Waals surface area contributed by atoms with E-state index in [0.717, 1.165) is 22.6 Å². The largest absolute Gasteiger partial charge is 0.454 e. The summed E-state index contributed by atoms with van der Waals surface area (Å²) in [4.78, 5) is 0. The molecule has 0 saturated carbocycles. The van der Waals surface area contributed by atoms with E-state index in [4.69, 9.17) is 9.15 Å². The van der Waals surface area contributed by atoms with Crippen LogP contribution in [0.3, 0.4) is 0 Å². The van der Waals surface area contributed by atoms with Gasteiger partial charge in [0, 0.05) is 13.7 Å². The van der Waals surface area contributed by atoms with Crippen LogP contribution < -0.4 is 5.32 Å². The normalized spacial score (nSPS) is 10.8. The second-order valence-electron chi connectivity index (χ2n) is 4.01. The zero-order valence-electron chi connectivity index (χ0n) is 10.3. The van der Waals surface area contributed by atoms with Crippen LogP contribution in [-0.4, -0.2) is 7.11 Å². The van der Waals surface area contributed by atoms with Gasteiger partial charge in [-0.05, 0) is 45.9 Å². The minimum atomic E-state index is 0.649. The maximum atomic E-state index is 5.50. The predicted molar refractivity (Wildman–Crippen MR) is 79.1 cm³/mol. The molecule has 0 fully saturated rings. The third-order valence-corrected chi connectivity index (χ3v) is 3.24. The highest BCUT2D eigenvalue weighted by molar-refractivity contribution is 14.1. The Morgan fingerprint density at radius 3 is 2.56 bits per heavy atom. The average Bonchev–Trinajstić information content (AvgIpc) is 2.78. The third kappa shape index (κ3) is 3.83. The molecule has 0 aliphatic heterocycles. The molecule has 0 bridgehead atoms. The van der Waals surface area contributed by atoms with Crippen molar-refractivity contribution in [3.8, 4) is 0 Å². The lowest BCUT2D eigenvalue weighted by molar-refractivity contribution is 0.184. The molecule has 0 unspecified atom stereocenters. The van der Waals surface area contributed by atoms with E-state index in [9.17, 15) is 0 Å². The molecule has 0 radical (unpaired) electrons. The summed E-state index contributed by atoms with van der Waals surface area (Å²) < 4.78 is 11.6. The van der Waals surface area contributed by atoms with Crippen LogP contribution in [0, 0.1) is 3.77 Å². The molecule has 3 nitrogen and oxygen atoms in total. The van der Waals surface area contributed by atoms with Gasteiger partial charge in [-0.3, -0.25) is 0 Å². The van der Waals surface area contributed by atoms with Crippen LogP contribution >= 0.6 is 22.6 Å². The van der Waals surface area contributed by atoms with E-state index < -0.39 is 0 Å². The van der Waals surface area contributed by atoms with Crippen LogP contribution in [0.25, 0.3) is 0 Å². The van der Waals surface area contributed by atoms with Crippen LogP contribution in [0.5, 0.6) is 0 Å². The minimum Gasteiger partial charge on any atom is -0.454 e. The molecule has 1 aromatic carbocycles. The summed E-state index contributed by atoms with van der Waals surface area (Å²) in [6, 6.07) is 12.3. The van der Waals surface area contributed by atoms with Crippen molar-refractivity contribution in [2.45, 2.75) is 19.7 Å². The maximum Gasteiger partial charge on any atom is 0.164 e. The molecule has 1 aromatic heterocycles. The number of rotatable bonds is 6. The van der Waals surface area contributed by atoms with Crippen LogP contribution in [0.2, 0.25) is 0 Å². The van der Waals surface area contributed by atoms with Gasteiger partial charge in [0.2, 0.25) is 0 Å². The van der Waals surface area contributed by atoms with E-state index in [1.54, 1.807) is 7.11 Å². The molecule has 0 aliphatic carbocycles. The Kier molecular flexibility index (Phi) is 5.22. The fraction of sp³-hybridized carbons (Fsp3) is 0.286. The molecule has 18 heavy (non-hydrogen) atoms. The van der Waals surface area contributed by atoms with Crippen molar-refractivity contribution >= 4 is 22.6 Å². The van der Waals surface area contributed by atoms with Crippen LogP contribution in [0.15, 0.2) is 40.8 Å². The van der Waals surface area contributed by atoms with Gasteiger partial charge in [0.1, 0.15) is 5.76 Å². The summed E-state index contributed by atoms with van der Waals surface area (Å²) in [6.45, 7) is 2.21. The van der Waals surface area contributed by atoms with Gasteiger partial charge >= 0.3 is 0 Å². The van der Waals surface area contributed by atoms with Crippen molar-refractivity contribution in [1.82, 2.24) is 5.32 Å². The van der Waals surface area contributed by atoms with E-state index in [2.05, 4.69) is 40.0 Å². The fourth-order valence-electron chi connectivity index (χ4n) is 1.79. The molecule has 2 rings (SSSR count). The summed E-state index contributed by atoms with van der Waals surface area (Å²) in [7, 11) is 1.72. The van der Waals surface area contributed by atoms with Crippen LogP contribution in [0.4, 0.5) is 0 Å². The Labute approximate surface area is 121 Å². The van der Waals surface area contributed by atoms with Crippen molar-refractivity contribution in [2.75, 3.05) is 7.11 Å². The van der Waals surface area contributed by atoms with Crippen molar-refractivity contribution < 1.29 is 9.15 Å². The molecule has 1 heterocycles. The second-order valence-corrected chi connectivity index (χ2v) is 5.07. The molecule has 96 valence electrons. The minimum absolute atomic E-state index is 0.649. The van der Waals surface area contributed by atoms with Gasteiger partial charge < -0.3 is 14.5 Å². The van der Waals surface area contributed by atoms with Gasteiger partial charge in [0.05, 0.1) is 13.2 Å². The summed E-state index contributed by atoms with van der Waals surface area (Å²) in [5.41, 5.74) is 2.49. The third-order valence-electron chi connectivity index (χ3n) is 2.66. The summed E-state index contributed by atoms with van der Waals surface area (Å²) >= 11 is 2.17. The first kappa shape index (κ1) is 13.6. The van der Waals surface area contributed by atoms with Crippen LogP contribution in [-0.2, 0) is 24.4 Å². The number of hydrogen-bond donors (Lipinski definition) is 1. The Hall–Kier alpha value is -0.850. The summed E-state index contributed by atoms with van der Waals surface area (Å²) in [5, 5.41) is 3.38. The number of furan rings is 1. The lowest BCUT2D eigenvalue weighted by Gasteiger charge is -2.09. The standard InChI is InChI=1S/C14H16INO2/c1-17-10-12-5-3-2-4-11(12)8-16-9-13-6-7-14(15)18-13/h2-7,16H,8-10H2,1H3. The maximum absolute atomic E-state index is 5.50. The molecule has 0 atom stereocenters. The Morgan fingerprint density at radius 1 is 1.11 bits per heavy atom. The van der Waals surface area contributed by atoms with Crippen molar-refractivity contribution in [1.29, 1.82) is 0 Å². The van der Waals surface area contributed by atoms with E-state index in [-0.39, 0.29) is 0 Å². The molecular formula is C14H16INO2. The van der Waals surface area contributed by atoms with Crippen molar-refractivity contribution in [3.63, 3.8) is 0 Å². The van der Waals surface area contributed by atoms with Crippen molar-refractivity contribution in [2.24, 2.45) is 0 Å². The number of halogens is 1. The highest BCUT2D eigenvalue weighted by Gasteiger charge is 2.02.